The zero-order chi connectivity index (χ0) is 20.1. The van der Waals surface area contributed by atoms with Gasteiger partial charge in [-0.25, -0.2) is 0 Å². The minimum absolute atomic E-state index is 0.241. The van der Waals surface area contributed by atoms with E-state index in [1.54, 1.807) is 0 Å². The molecule has 0 bridgehead atoms. The number of nitrogens with two attached hydrogens (primary N) is 1. The summed E-state index contributed by atoms with van der Waals surface area (Å²) in [6.45, 7) is -0.422. The van der Waals surface area contributed by atoms with Gasteiger partial charge in [-0.3, -0.25) is 14.4 Å². The van der Waals surface area contributed by atoms with Crippen LogP contribution in [0.15, 0.2) is 36.4 Å². The standard InChI is InChI=1S/C17H17N3O7/c18-15(25)10(20-17(27)9-4-2-6-12(22)14(9)24)7-19-16(26)8-3-1-5-11(21)13(8)23/h1-6,10,21-24H,7H2,(H2,18,25)(H,19,26)(H,20,27)/t10-/m0/s1. The summed E-state index contributed by atoms with van der Waals surface area (Å²) in [5.74, 6) is -5.02. The van der Waals surface area contributed by atoms with Gasteiger partial charge in [-0.15, -0.1) is 0 Å². The van der Waals surface area contributed by atoms with Crippen LogP contribution >= 0.6 is 0 Å². The van der Waals surface area contributed by atoms with Crippen LogP contribution in [0.4, 0.5) is 0 Å². The van der Waals surface area contributed by atoms with Crippen LogP contribution in [0.25, 0.3) is 0 Å². The number of aromatic hydroxyl groups is 4. The first-order valence-corrected chi connectivity index (χ1v) is 7.62. The molecule has 0 fully saturated rings. The Bertz CT molecular complexity index is 898. The van der Waals surface area contributed by atoms with Crippen molar-refractivity contribution < 1.29 is 34.8 Å². The maximum Gasteiger partial charge on any atom is 0.255 e. The Morgan fingerprint density at radius 2 is 1.33 bits per heavy atom. The highest BCUT2D eigenvalue weighted by molar-refractivity contribution is 6.01. The van der Waals surface area contributed by atoms with E-state index in [0.29, 0.717) is 0 Å². The van der Waals surface area contributed by atoms with E-state index in [1.807, 2.05) is 0 Å². The molecule has 0 aliphatic carbocycles. The number of amides is 3. The molecule has 0 saturated carbocycles. The number of primary amides is 1. The summed E-state index contributed by atoms with van der Waals surface area (Å²) in [4.78, 5) is 35.8. The van der Waals surface area contributed by atoms with Crippen LogP contribution in [0.2, 0.25) is 0 Å². The molecule has 0 spiro atoms. The molecule has 27 heavy (non-hydrogen) atoms. The lowest BCUT2D eigenvalue weighted by atomic mass is 10.1. The summed E-state index contributed by atoms with van der Waals surface area (Å²) in [7, 11) is 0. The van der Waals surface area contributed by atoms with Crippen LogP contribution < -0.4 is 16.4 Å². The first-order valence-electron chi connectivity index (χ1n) is 7.62. The minimum atomic E-state index is -1.34. The number of phenols is 4. The van der Waals surface area contributed by atoms with Crippen LogP contribution in [0.1, 0.15) is 20.7 Å². The molecule has 142 valence electrons. The summed E-state index contributed by atoms with van der Waals surface area (Å²) in [5.41, 5.74) is 4.67. The molecule has 10 heteroatoms. The number of carbonyl (C=O) groups is 3. The number of carbonyl (C=O) groups excluding carboxylic acids is 3. The molecular formula is C17H17N3O7. The Morgan fingerprint density at radius 1 is 0.852 bits per heavy atom. The highest BCUT2D eigenvalue weighted by atomic mass is 16.3. The second-order valence-corrected chi connectivity index (χ2v) is 5.49. The summed E-state index contributed by atoms with van der Waals surface area (Å²) in [6.07, 6.45) is 0. The molecule has 2 aromatic rings. The molecule has 10 nitrogen and oxygen atoms in total. The number of rotatable bonds is 6. The van der Waals surface area contributed by atoms with Crippen molar-refractivity contribution in [1.29, 1.82) is 0 Å². The highest BCUT2D eigenvalue weighted by Gasteiger charge is 2.23. The zero-order valence-corrected chi connectivity index (χ0v) is 13.8. The van der Waals surface area contributed by atoms with Crippen LogP contribution in [0.3, 0.4) is 0 Å². The number of phenolic OH excluding ortho intramolecular Hbond substituents is 4. The van der Waals surface area contributed by atoms with Crippen molar-refractivity contribution in [2.45, 2.75) is 6.04 Å². The van der Waals surface area contributed by atoms with Crippen molar-refractivity contribution in [3.05, 3.63) is 47.5 Å². The Morgan fingerprint density at radius 3 is 1.81 bits per heavy atom. The number of hydrogen-bond donors (Lipinski definition) is 7. The third-order valence-electron chi connectivity index (χ3n) is 3.63. The van der Waals surface area contributed by atoms with Crippen molar-refractivity contribution in [1.82, 2.24) is 10.6 Å². The van der Waals surface area contributed by atoms with Gasteiger partial charge in [0.15, 0.2) is 23.0 Å². The van der Waals surface area contributed by atoms with Gasteiger partial charge >= 0.3 is 0 Å². The molecule has 0 heterocycles. The van der Waals surface area contributed by atoms with E-state index in [0.717, 1.165) is 0 Å². The van der Waals surface area contributed by atoms with E-state index < -0.39 is 53.3 Å². The van der Waals surface area contributed by atoms with E-state index in [1.165, 1.54) is 36.4 Å². The maximum atomic E-state index is 12.2. The summed E-state index contributed by atoms with van der Waals surface area (Å²) >= 11 is 0. The minimum Gasteiger partial charge on any atom is -0.504 e. The van der Waals surface area contributed by atoms with Gasteiger partial charge in [-0.05, 0) is 24.3 Å². The van der Waals surface area contributed by atoms with Crippen LogP contribution in [0, 0.1) is 0 Å². The number of hydrogen-bond acceptors (Lipinski definition) is 7. The first-order chi connectivity index (χ1) is 12.7. The maximum absolute atomic E-state index is 12.2. The van der Waals surface area contributed by atoms with Gasteiger partial charge in [0.05, 0.1) is 11.1 Å². The lowest BCUT2D eigenvalue weighted by Crippen LogP contribution is -2.51. The summed E-state index contributed by atoms with van der Waals surface area (Å²) in [6, 6.07) is 6.11. The molecule has 0 aromatic heterocycles. The summed E-state index contributed by atoms with van der Waals surface area (Å²) < 4.78 is 0. The van der Waals surface area contributed by atoms with Gasteiger partial charge < -0.3 is 36.8 Å². The fourth-order valence-electron chi connectivity index (χ4n) is 2.18. The molecule has 0 saturated heterocycles. The second-order valence-electron chi connectivity index (χ2n) is 5.49. The quantitative estimate of drug-likeness (QED) is 0.333. The van der Waals surface area contributed by atoms with Gasteiger partial charge in [0.25, 0.3) is 11.8 Å². The lowest BCUT2D eigenvalue weighted by Gasteiger charge is -2.17. The molecule has 0 radical (unpaired) electrons. The molecule has 2 aromatic carbocycles. The van der Waals surface area contributed by atoms with Crippen LogP contribution in [0.5, 0.6) is 23.0 Å². The van der Waals surface area contributed by atoms with E-state index in [2.05, 4.69) is 10.6 Å². The van der Waals surface area contributed by atoms with Crippen molar-refractivity contribution in [3.8, 4) is 23.0 Å². The fourth-order valence-corrected chi connectivity index (χ4v) is 2.18. The molecule has 3 amide bonds. The normalized spacial score (nSPS) is 11.4. The first kappa shape index (κ1) is 19.4. The van der Waals surface area contributed by atoms with Gasteiger partial charge in [0.2, 0.25) is 5.91 Å². The zero-order valence-electron chi connectivity index (χ0n) is 13.8. The molecular weight excluding hydrogens is 358 g/mol. The van der Waals surface area contributed by atoms with Crippen LogP contribution in [-0.2, 0) is 4.79 Å². The van der Waals surface area contributed by atoms with Gasteiger partial charge in [-0.1, -0.05) is 12.1 Å². The van der Waals surface area contributed by atoms with E-state index in [-0.39, 0.29) is 11.1 Å². The fraction of sp³-hybridized carbons (Fsp3) is 0.118. The molecule has 0 aliphatic rings. The predicted octanol–water partition coefficient (Wildman–Crippen LogP) is -0.477. The van der Waals surface area contributed by atoms with Gasteiger partial charge in [0, 0.05) is 6.54 Å². The lowest BCUT2D eigenvalue weighted by molar-refractivity contribution is -0.119. The highest BCUT2D eigenvalue weighted by Crippen LogP contribution is 2.28. The molecule has 0 unspecified atom stereocenters. The van der Waals surface area contributed by atoms with Crippen molar-refractivity contribution in [3.63, 3.8) is 0 Å². The average Bonchev–Trinajstić information content (AvgIpc) is 2.62. The summed E-state index contributed by atoms with van der Waals surface area (Å²) in [5, 5.41) is 42.7. The number of para-hydroxylation sites is 2. The Kier molecular flexibility index (Phi) is 5.71. The molecule has 0 aliphatic heterocycles. The number of benzene rings is 2. The molecule has 1 atom stereocenters. The van der Waals surface area contributed by atoms with Crippen LogP contribution in [-0.4, -0.2) is 50.7 Å². The van der Waals surface area contributed by atoms with E-state index in [4.69, 9.17) is 5.73 Å². The number of nitrogens with one attached hydrogen (secondary N) is 2. The average molecular weight is 375 g/mol. The Labute approximate surface area is 152 Å². The predicted molar refractivity (Wildman–Crippen MR) is 92.3 cm³/mol. The van der Waals surface area contributed by atoms with Crippen molar-refractivity contribution in [2.24, 2.45) is 5.73 Å². The molecule has 2 rings (SSSR count). The Balaban J connectivity index is 2.09. The smallest absolute Gasteiger partial charge is 0.255 e. The van der Waals surface area contributed by atoms with E-state index in [9.17, 15) is 34.8 Å². The second kappa shape index (κ2) is 7.95. The monoisotopic (exact) mass is 375 g/mol. The Hall–Kier alpha value is -3.95. The van der Waals surface area contributed by atoms with Crippen molar-refractivity contribution in [2.75, 3.05) is 6.54 Å². The SMILES string of the molecule is NC(=O)[C@H](CNC(=O)c1cccc(O)c1O)NC(=O)c1cccc(O)c1O. The third kappa shape index (κ3) is 4.37. The van der Waals surface area contributed by atoms with Crippen molar-refractivity contribution >= 4 is 17.7 Å². The largest absolute Gasteiger partial charge is 0.504 e. The molecule has 8 N–H and O–H groups in total. The topological polar surface area (TPSA) is 182 Å². The third-order valence-corrected chi connectivity index (χ3v) is 3.63. The van der Waals surface area contributed by atoms with E-state index >= 15 is 0 Å². The van der Waals surface area contributed by atoms with Gasteiger partial charge in [-0.2, -0.15) is 0 Å². The van der Waals surface area contributed by atoms with Gasteiger partial charge in [0.1, 0.15) is 6.04 Å².